The summed E-state index contributed by atoms with van der Waals surface area (Å²) in [5.41, 5.74) is 2.13. The molecule has 2 heterocycles. The topological polar surface area (TPSA) is 82.3 Å². The Labute approximate surface area is 171 Å². The molecule has 150 valence electrons. The van der Waals surface area contributed by atoms with Crippen LogP contribution in [0.25, 0.3) is 11.8 Å². The van der Waals surface area contributed by atoms with Crippen molar-refractivity contribution in [1.29, 1.82) is 0 Å². The lowest BCUT2D eigenvalue weighted by molar-refractivity contribution is -0.142. The molecule has 0 atom stereocenters. The van der Waals surface area contributed by atoms with Gasteiger partial charge in [0.15, 0.2) is 6.61 Å². The first-order valence-corrected chi connectivity index (χ1v) is 9.79. The monoisotopic (exact) mass is 411 g/mol. The number of hydrogen-bond donors (Lipinski definition) is 1. The normalized spacial score (nSPS) is 11.0. The van der Waals surface area contributed by atoms with Gasteiger partial charge in [-0.05, 0) is 49.1 Å². The van der Waals surface area contributed by atoms with Crippen molar-refractivity contribution in [2.45, 2.75) is 13.8 Å². The Bertz CT molecular complexity index is 1120. The predicted octanol–water partition coefficient (Wildman–Crippen LogP) is 3.05. The smallest absolute Gasteiger partial charge is 0.331 e. The number of carbonyl (C=O) groups is 2. The van der Waals surface area contributed by atoms with Crippen LogP contribution in [-0.2, 0) is 21.4 Å². The van der Waals surface area contributed by atoms with Gasteiger partial charge in [-0.2, -0.15) is 0 Å². The summed E-state index contributed by atoms with van der Waals surface area (Å²) in [6.45, 7) is 3.19. The number of nitrogens with one attached hydrogen (secondary N) is 1. The Morgan fingerprint density at radius 3 is 2.55 bits per heavy atom. The lowest BCUT2D eigenvalue weighted by Crippen LogP contribution is -2.25. The minimum Gasteiger partial charge on any atom is -0.452 e. The van der Waals surface area contributed by atoms with E-state index < -0.39 is 18.5 Å². The van der Waals surface area contributed by atoms with Gasteiger partial charge in [-0.3, -0.25) is 14.3 Å². The number of thiophene rings is 1. The molecule has 29 heavy (non-hydrogen) atoms. The average Bonchev–Trinajstić information content (AvgIpc) is 3.21. The Kier molecular flexibility index (Phi) is 6.13. The molecule has 0 saturated heterocycles. The summed E-state index contributed by atoms with van der Waals surface area (Å²) >= 11 is 1.51. The molecule has 1 amide bonds. The third kappa shape index (κ3) is 4.55. The number of nitrogens with zero attached hydrogens (tertiary/aromatic N) is 2. The maximum absolute atomic E-state index is 12.8. The lowest BCUT2D eigenvalue weighted by atomic mass is 10.3. The van der Waals surface area contributed by atoms with Crippen LogP contribution >= 0.6 is 11.3 Å². The molecular formula is C21H21N3O4S. The number of esters is 1. The van der Waals surface area contributed by atoms with E-state index >= 15 is 0 Å². The first kappa shape index (κ1) is 20.3. The van der Waals surface area contributed by atoms with Crippen LogP contribution in [-0.4, -0.2) is 27.8 Å². The van der Waals surface area contributed by atoms with Crippen molar-refractivity contribution in [3.8, 4) is 5.69 Å². The molecule has 0 saturated carbocycles. The second-order valence-corrected chi connectivity index (χ2v) is 7.34. The van der Waals surface area contributed by atoms with E-state index in [9.17, 15) is 14.4 Å². The quantitative estimate of drug-likeness (QED) is 0.499. The Balaban J connectivity index is 1.65. The van der Waals surface area contributed by atoms with Gasteiger partial charge in [-0.15, -0.1) is 11.3 Å². The molecule has 0 aliphatic carbocycles. The predicted molar refractivity (Wildman–Crippen MR) is 113 cm³/mol. The summed E-state index contributed by atoms with van der Waals surface area (Å²) in [7, 11) is 1.73. The largest absolute Gasteiger partial charge is 0.452 e. The zero-order chi connectivity index (χ0) is 21.0. The van der Waals surface area contributed by atoms with Gasteiger partial charge in [0, 0.05) is 18.0 Å². The van der Waals surface area contributed by atoms with E-state index in [1.807, 2.05) is 36.6 Å². The fraction of sp³-hybridized carbons (Fsp3) is 0.190. The standard InChI is InChI=1S/C21H21N3O4S/c1-14-11-12-29-17(14)9-10-19(26)28-13-18(25)22-20-15(2)23(3)24(21(20)27)16-7-5-4-6-8-16/h4-12H,13H2,1-3H3,(H,22,25)/b10-9+. The number of ether oxygens (including phenoxy) is 1. The Morgan fingerprint density at radius 2 is 1.90 bits per heavy atom. The molecule has 3 rings (SSSR count). The number of anilines is 1. The molecule has 0 bridgehead atoms. The zero-order valence-electron chi connectivity index (χ0n) is 16.3. The van der Waals surface area contributed by atoms with Crippen molar-refractivity contribution >= 4 is 35.0 Å². The van der Waals surface area contributed by atoms with E-state index in [-0.39, 0.29) is 11.2 Å². The van der Waals surface area contributed by atoms with Crippen LogP contribution in [0.1, 0.15) is 16.1 Å². The van der Waals surface area contributed by atoms with Crippen molar-refractivity contribution in [1.82, 2.24) is 9.36 Å². The molecule has 1 aromatic carbocycles. The van der Waals surface area contributed by atoms with Gasteiger partial charge in [0.25, 0.3) is 11.5 Å². The van der Waals surface area contributed by atoms with Gasteiger partial charge in [-0.1, -0.05) is 18.2 Å². The van der Waals surface area contributed by atoms with E-state index in [1.54, 1.807) is 36.9 Å². The second-order valence-electron chi connectivity index (χ2n) is 6.39. The number of benzene rings is 1. The van der Waals surface area contributed by atoms with Gasteiger partial charge in [-0.25, -0.2) is 9.48 Å². The van der Waals surface area contributed by atoms with Crippen molar-refractivity contribution in [2.75, 3.05) is 11.9 Å². The number of carbonyl (C=O) groups excluding carboxylic acids is 2. The van der Waals surface area contributed by atoms with E-state index in [2.05, 4.69) is 5.32 Å². The average molecular weight is 411 g/mol. The van der Waals surface area contributed by atoms with Crippen molar-refractivity contribution < 1.29 is 14.3 Å². The molecule has 2 aromatic heterocycles. The highest BCUT2D eigenvalue weighted by molar-refractivity contribution is 7.11. The molecule has 7 nitrogen and oxygen atoms in total. The first-order chi connectivity index (χ1) is 13.9. The number of aromatic nitrogens is 2. The molecule has 3 aromatic rings. The van der Waals surface area contributed by atoms with Gasteiger partial charge in [0.2, 0.25) is 0 Å². The third-order valence-corrected chi connectivity index (χ3v) is 5.42. The van der Waals surface area contributed by atoms with E-state index in [1.165, 1.54) is 22.1 Å². The molecule has 1 N–H and O–H groups in total. The molecule has 8 heteroatoms. The molecule has 0 spiro atoms. The maximum Gasteiger partial charge on any atom is 0.331 e. The third-order valence-electron chi connectivity index (χ3n) is 4.44. The Morgan fingerprint density at radius 1 is 1.17 bits per heavy atom. The summed E-state index contributed by atoms with van der Waals surface area (Å²) in [4.78, 5) is 37.7. The summed E-state index contributed by atoms with van der Waals surface area (Å²) < 4.78 is 8.09. The van der Waals surface area contributed by atoms with Crippen LogP contribution < -0.4 is 10.9 Å². The number of aryl methyl sites for hydroxylation is 1. The van der Waals surface area contributed by atoms with Crippen molar-refractivity contribution in [2.24, 2.45) is 7.05 Å². The van der Waals surface area contributed by atoms with Gasteiger partial charge < -0.3 is 10.1 Å². The molecular weight excluding hydrogens is 390 g/mol. The summed E-state index contributed by atoms with van der Waals surface area (Å²) in [5, 5.41) is 4.48. The molecule has 0 unspecified atom stereocenters. The number of hydrogen-bond acceptors (Lipinski definition) is 5. The zero-order valence-corrected chi connectivity index (χ0v) is 17.2. The van der Waals surface area contributed by atoms with E-state index in [0.717, 1.165) is 10.4 Å². The van der Waals surface area contributed by atoms with E-state index in [0.29, 0.717) is 11.4 Å². The Hall–Kier alpha value is -3.39. The van der Waals surface area contributed by atoms with Crippen LogP contribution in [0, 0.1) is 13.8 Å². The van der Waals surface area contributed by atoms with Crippen LogP contribution in [0.4, 0.5) is 5.69 Å². The van der Waals surface area contributed by atoms with Crippen LogP contribution in [0.5, 0.6) is 0 Å². The van der Waals surface area contributed by atoms with Crippen LogP contribution in [0.3, 0.4) is 0 Å². The second kappa shape index (κ2) is 8.74. The fourth-order valence-electron chi connectivity index (χ4n) is 2.77. The van der Waals surface area contributed by atoms with Crippen molar-refractivity contribution in [3.05, 3.63) is 74.3 Å². The number of amides is 1. The highest BCUT2D eigenvalue weighted by atomic mass is 32.1. The van der Waals surface area contributed by atoms with Crippen molar-refractivity contribution in [3.63, 3.8) is 0 Å². The van der Waals surface area contributed by atoms with Crippen LogP contribution in [0.15, 0.2) is 52.6 Å². The minimum absolute atomic E-state index is 0.155. The highest BCUT2D eigenvalue weighted by Gasteiger charge is 2.18. The summed E-state index contributed by atoms with van der Waals surface area (Å²) in [5.74, 6) is -1.20. The number of rotatable bonds is 6. The molecule has 0 aliphatic heterocycles. The molecule has 0 aliphatic rings. The maximum atomic E-state index is 12.8. The summed E-state index contributed by atoms with van der Waals surface area (Å²) in [6.07, 6.45) is 2.93. The lowest BCUT2D eigenvalue weighted by Gasteiger charge is -2.07. The molecule has 0 fully saturated rings. The first-order valence-electron chi connectivity index (χ1n) is 8.91. The fourth-order valence-corrected chi connectivity index (χ4v) is 3.59. The van der Waals surface area contributed by atoms with E-state index in [4.69, 9.17) is 4.74 Å². The number of para-hydroxylation sites is 1. The van der Waals surface area contributed by atoms with Gasteiger partial charge in [0.05, 0.1) is 11.4 Å². The van der Waals surface area contributed by atoms with Gasteiger partial charge in [0.1, 0.15) is 5.69 Å². The highest BCUT2D eigenvalue weighted by Crippen LogP contribution is 2.17. The molecule has 0 radical (unpaired) electrons. The minimum atomic E-state index is -0.626. The SMILES string of the molecule is Cc1ccsc1/C=C/C(=O)OCC(=O)Nc1c(C)n(C)n(-c2ccccc2)c1=O. The van der Waals surface area contributed by atoms with Crippen LogP contribution in [0.2, 0.25) is 0 Å². The summed E-state index contributed by atoms with van der Waals surface area (Å²) in [6, 6.07) is 11.1. The van der Waals surface area contributed by atoms with Gasteiger partial charge >= 0.3 is 5.97 Å².